The summed E-state index contributed by atoms with van der Waals surface area (Å²) in [7, 11) is 0. The van der Waals surface area contributed by atoms with Gasteiger partial charge in [0.2, 0.25) is 5.95 Å². The number of aromatic nitrogens is 3. The molecule has 1 spiro atoms. The number of hydrogen-bond donors (Lipinski definition) is 1. The highest BCUT2D eigenvalue weighted by Crippen LogP contribution is 2.46. The molecule has 10 heteroatoms. The van der Waals surface area contributed by atoms with E-state index in [1.54, 1.807) is 17.1 Å². The molecule has 6 rings (SSSR count). The first-order chi connectivity index (χ1) is 18.3. The van der Waals surface area contributed by atoms with Crippen molar-refractivity contribution in [2.45, 2.75) is 31.3 Å². The summed E-state index contributed by atoms with van der Waals surface area (Å²) in [6.45, 7) is 0.0743. The summed E-state index contributed by atoms with van der Waals surface area (Å²) in [4.78, 5) is 25.1. The van der Waals surface area contributed by atoms with E-state index in [2.05, 4.69) is 17.2 Å². The van der Waals surface area contributed by atoms with Crippen LogP contribution in [0.4, 0.5) is 5.95 Å². The van der Waals surface area contributed by atoms with Crippen LogP contribution in [-0.2, 0) is 29.7 Å². The Balaban J connectivity index is 1.47. The number of carboxylic acids is 1. The van der Waals surface area contributed by atoms with Crippen molar-refractivity contribution in [2.24, 2.45) is 5.10 Å². The van der Waals surface area contributed by atoms with Gasteiger partial charge in [0.05, 0.1) is 24.2 Å². The summed E-state index contributed by atoms with van der Waals surface area (Å²) in [6, 6.07) is 23.0. The highest BCUT2D eigenvalue weighted by molar-refractivity contribution is 6.31. The number of aryl methyl sites for hydroxylation is 1. The van der Waals surface area contributed by atoms with Gasteiger partial charge in [-0.3, -0.25) is 4.79 Å². The van der Waals surface area contributed by atoms with Gasteiger partial charge >= 0.3 is 11.7 Å². The normalized spacial score (nSPS) is 18.2. The average Bonchev–Trinajstić information content (AvgIpc) is 3.57. The van der Waals surface area contributed by atoms with Crippen molar-refractivity contribution in [3.63, 3.8) is 0 Å². The topological polar surface area (TPSA) is 92.7 Å². The summed E-state index contributed by atoms with van der Waals surface area (Å²) < 4.78 is 2.44. The molecule has 4 aromatic rings. The molecule has 0 radical (unpaired) electrons. The molecule has 0 saturated heterocycles. The van der Waals surface area contributed by atoms with E-state index in [1.165, 1.54) is 20.4 Å². The van der Waals surface area contributed by atoms with Crippen molar-refractivity contribution in [3.05, 3.63) is 116 Å². The molecule has 2 heterocycles. The van der Waals surface area contributed by atoms with E-state index in [4.69, 9.17) is 28.3 Å². The first-order valence-corrected chi connectivity index (χ1v) is 12.9. The monoisotopic (exact) mass is 547 g/mol. The number of halogens is 2. The number of carbonyl (C=O) groups is 1. The highest BCUT2D eigenvalue weighted by Gasteiger charge is 2.49. The summed E-state index contributed by atoms with van der Waals surface area (Å²) in [6.07, 6.45) is 1.72. The molecule has 0 bridgehead atoms. The second-order valence-electron chi connectivity index (χ2n) is 9.60. The molecule has 1 aliphatic carbocycles. The fourth-order valence-corrected chi connectivity index (χ4v) is 5.75. The fourth-order valence-electron chi connectivity index (χ4n) is 5.50. The smallest absolute Gasteiger partial charge is 0.348 e. The van der Waals surface area contributed by atoms with Crippen LogP contribution in [0.3, 0.4) is 0 Å². The van der Waals surface area contributed by atoms with Gasteiger partial charge in [-0.2, -0.15) is 5.10 Å². The predicted molar refractivity (Wildman–Crippen MR) is 146 cm³/mol. The molecule has 1 unspecified atom stereocenters. The predicted octanol–water partition coefficient (Wildman–Crippen LogP) is 4.59. The minimum Gasteiger partial charge on any atom is -0.480 e. The Morgan fingerprint density at radius 3 is 2.37 bits per heavy atom. The van der Waals surface area contributed by atoms with Gasteiger partial charge in [-0.15, -0.1) is 5.10 Å². The molecule has 1 aliphatic heterocycles. The largest absolute Gasteiger partial charge is 0.480 e. The van der Waals surface area contributed by atoms with E-state index < -0.39 is 23.6 Å². The van der Waals surface area contributed by atoms with Crippen LogP contribution in [0.2, 0.25) is 10.0 Å². The molecule has 0 fully saturated rings. The van der Waals surface area contributed by atoms with Crippen molar-refractivity contribution in [1.82, 2.24) is 14.3 Å². The summed E-state index contributed by atoms with van der Waals surface area (Å²) >= 11 is 12.2. The molecule has 1 N–H and O–H groups in total. The number of carboxylic acid groups (broad SMARTS) is 1. The van der Waals surface area contributed by atoms with Gasteiger partial charge in [-0.05, 0) is 59.4 Å². The zero-order valence-corrected chi connectivity index (χ0v) is 21.7. The van der Waals surface area contributed by atoms with E-state index >= 15 is 0 Å². The molecule has 38 heavy (non-hydrogen) atoms. The number of benzene rings is 3. The van der Waals surface area contributed by atoms with Crippen molar-refractivity contribution in [2.75, 3.05) is 11.6 Å². The van der Waals surface area contributed by atoms with Crippen LogP contribution < -0.4 is 10.7 Å². The molecule has 1 atom stereocenters. The average molecular weight is 548 g/mol. The van der Waals surface area contributed by atoms with Crippen LogP contribution in [0.15, 0.2) is 82.7 Å². The lowest BCUT2D eigenvalue weighted by Crippen LogP contribution is -2.38. The Bertz CT molecular complexity index is 1630. The van der Waals surface area contributed by atoms with Gasteiger partial charge in [-0.25, -0.2) is 19.1 Å². The minimum absolute atomic E-state index is 0.172. The zero-order valence-electron chi connectivity index (χ0n) is 20.2. The minimum atomic E-state index is -1.14. The fraction of sp³-hybridized carbons (Fsp3) is 0.214. The summed E-state index contributed by atoms with van der Waals surface area (Å²) in [5.41, 5.74) is 4.07. The Kier molecular flexibility index (Phi) is 6.08. The first-order valence-electron chi connectivity index (χ1n) is 12.2. The number of fused-ring (bicyclic) bond motifs is 2. The van der Waals surface area contributed by atoms with E-state index in [-0.39, 0.29) is 12.5 Å². The Hall–Kier alpha value is -3.88. The lowest BCUT2D eigenvalue weighted by Gasteiger charge is -2.27. The van der Waals surface area contributed by atoms with Crippen LogP contribution >= 0.6 is 23.2 Å². The highest BCUT2D eigenvalue weighted by atomic mass is 35.5. The standard InChI is InChI=1S/C28H23Cl2N5O3/c29-21-9-5-18(6-10-21)15-34-27(38)33(16-24(36)37)26(32-34)35-17-28(14-13-19-3-1-2-4-23(19)28)25(31-35)20-7-11-22(30)12-8-20/h1-12H,13-17H2,(H,36,37). The maximum atomic E-state index is 13.3. The Morgan fingerprint density at radius 1 is 0.974 bits per heavy atom. The number of aliphatic carboxylic acids is 1. The number of rotatable bonds is 6. The Labute approximate surface area is 228 Å². The lowest BCUT2D eigenvalue weighted by molar-refractivity contribution is -0.137. The van der Waals surface area contributed by atoms with Crippen molar-refractivity contribution in [1.29, 1.82) is 0 Å². The van der Waals surface area contributed by atoms with Gasteiger partial charge in [0.15, 0.2) is 0 Å². The van der Waals surface area contributed by atoms with Crippen LogP contribution in [0, 0.1) is 0 Å². The summed E-state index contributed by atoms with van der Waals surface area (Å²) in [5, 5.41) is 22.1. The molecule has 8 nitrogen and oxygen atoms in total. The quantitative estimate of drug-likeness (QED) is 0.381. The third kappa shape index (κ3) is 4.19. The molecule has 192 valence electrons. The SMILES string of the molecule is O=C(O)Cn1c(N2CC3(CCc4ccccc43)C(c3ccc(Cl)cc3)=N2)nn(Cc2ccc(Cl)cc2)c1=O. The number of nitrogens with zero attached hydrogens (tertiary/aromatic N) is 5. The van der Waals surface area contributed by atoms with Gasteiger partial charge in [-0.1, -0.05) is 71.7 Å². The number of anilines is 1. The molecule has 2 aliphatic rings. The van der Waals surface area contributed by atoms with Gasteiger partial charge in [0.25, 0.3) is 0 Å². The second kappa shape index (κ2) is 9.45. The van der Waals surface area contributed by atoms with E-state index in [0.29, 0.717) is 16.6 Å². The lowest BCUT2D eigenvalue weighted by atomic mass is 9.75. The first kappa shape index (κ1) is 24.5. The molecule has 3 aromatic carbocycles. The zero-order chi connectivity index (χ0) is 26.4. The molecule has 1 aromatic heterocycles. The van der Waals surface area contributed by atoms with Crippen LogP contribution in [-0.4, -0.2) is 37.7 Å². The molecule has 0 amide bonds. The third-order valence-electron chi connectivity index (χ3n) is 7.24. The van der Waals surface area contributed by atoms with Gasteiger partial charge in [0, 0.05) is 10.0 Å². The third-order valence-corrected chi connectivity index (χ3v) is 7.74. The van der Waals surface area contributed by atoms with E-state index in [9.17, 15) is 14.7 Å². The van der Waals surface area contributed by atoms with Crippen LogP contribution in [0.5, 0.6) is 0 Å². The van der Waals surface area contributed by atoms with Crippen molar-refractivity contribution in [3.8, 4) is 0 Å². The molecular formula is C28H23Cl2N5O3. The van der Waals surface area contributed by atoms with E-state index in [0.717, 1.165) is 29.7 Å². The van der Waals surface area contributed by atoms with Crippen molar-refractivity contribution >= 4 is 40.8 Å². The summed E-state index contributed by atoms with van der Waals surface area (Å²) in [5.74, 6) is -0.944. The number of hydrogen-bond acceptors (Lipinski definition) is 5. The molecule has 0 saturated carbocycles. The van der Waals surface area contributed by atoms with Gasteiger partial charge < -0.3 is 5.11 Å². The van der Waals surface area contributed by atoms with E-state index in [1.807, 2.05) is 48.5 Å². The van der Waals surface area contributed by atoms with Gasteiger partial charge in [0.1, 0.15) is 6.54 Å². The second-order valence-corrected chi connectivity index (χ2v) is 10.5. The Morgan fingerprint density at radius 2 is 1.66 bits per heavy atom. The van der Waals surface area contributed by atoms with Crippen LogP contribution in [0.1, 0.15) is 28.7 Å². The maximum Gasteiger partial charge on any atom is 0.348 e. The molecular weight excluding hydrogens is 525 g/mol. The van der Waals surface area contributed by atoms with Crippen molar-refractivity contribution < 1.29 is 9.90 Å². The van der Waals surface area contributed by atoms with Crippen LogP contribution in [0.25, 0.3) is 0 Å². The number of hydrazone groups is 1. The maximum absolute atomic E-state index is 13.3.